The Morgan fingerprint density at radius 2 is 1.74 bits per heavy atom. The van der Waals surface area contributed by atoms with Gasteiger partial charge < -0.3 is 14.7 Å². The molecule has 2 aromatic heterocycles. The smallest absolute Gasteiger partial charge is 0.250 e. The van der Waals surface area contributed by atoms with Crippen LogP contribution in [-0.2, 0) is 19.6 Å². The second-order valence-electron chi connectivity index (χ2n) is 10.6. The second-order valence-corrected chi connectivity index (χ2v) is 15.3. The highest BCUT2D eigenvalue weighted by atomic mass is 35.5. The van der Waals surface area contributed by atoms with E-state index in [-0.39, 0.29) is 28.6 Å². The number of hydrogen-bond donors (Lipinski definition) is 1. The zero-order valence-corrected chi connectivity index (χ0v) is 24.8. The van der Waals surface area contributed by atoms with Crippen molar-refractivity contribution in [2.45, 2.75) is 73.7 Å². The van der Waals surface area contributed by atoms with Crippen molar-refractivity contribution < 1.29 is 18.0 Å². The van der Waals surface area contributed by atoms with Crippen LogP contribution in [0.1, 0.15) is 51.4 Å². The molecule has 2 aromatic rings. The predicted molar refractivity (Wildman–Crippen MR) is 152 cm³/mol. The van der Waals surface area contributed by atoms with Crippen molar-refractivity contribution in [3.05, 3.63) is 28.6 Å². The van der Waals surface area contributed by atoms with Crippen LogP contribution in [0.25, 0.3) is 9.75 Å². The number of carbonyl (C=O) groups excluding carboxylic acids is 2. The molecule has 0 bridgehead atoms. The molecule has 2 saturated heterocycles. The minimum Gasteiger partial charge on any atom is -0.337 e. The summed E-state index contributed by atoms with van der Waals surface area (Å²) in [4.78, 5) is 34.1. The Morgan fingerprint density at radius 3 is 2.47 bits per heavy atom. The van der Waals surface area contributed by atoms with Crippen LogP contribution in [0, 0.1) is 0 Å². The van der Waals surface area contributed by atoms with E-state index in [0.717, 1.165) is 47.0 Å². The molecular weight excluding hydrogens is 564 g/mol. The lowest BCUT2D eigenvalue weighted by atomic mass is 10.1. The van der Waals surface area contributed by atoms with E-state index in [1.54, 1.807) is 18.2 Å². The van der Waals surface area contributed by atoms with Crippen LogP contribution < -0.4 is 4.72 Å². The molecule has 0 spiro atoms. The molecule has 2 atom stereocenters. The SMILES string of the molecule is CN(CC1CCCN1C(=O)CN1CCCC(NS(=O)(=O)c2ccc(-c3ccc(Cl)s3)s2)C1=O)C1CCCC1. The highest BCUT2D eigenvalue weighted by Crippen LogP contribution is 2.37. The zero-order chi connectivity index (χ0) is 26.9. The molecule has 12 heteroatoms. The van der Waals surface area contributed by atoms with E-state index in [2.05, 4.69) is 16.7 Å². The Hall–Kier alpha value is -1.50. The monoisotopic (exact) mass is 598 g/mol. The number of sulfonamides is 1. The quantitative estimate of drug-likeness (QED) is 0.466. The van der Waals surface area contributed by atoms with Crippen LogP contribution in [0.5, 0.6) is 0 Å². The third-order valence-corrected chi connectivity index (χ3v) is 12.4. The van der Waals surface area contributed by atoms with Crippen LogP contribution in [0.2, 0.25) is 4.34 Å². The highest BCUT2D eigenvalue weighted by molar-refractivity contribution is 7.91. The van der Waals surface area contributed by atoms with E-state index in [4.69, 9.17) is 11.6 Å². The average molecular weight is 599 g/mol. The molecule has 2 amide bonds. The van der Waals surface area contributed by atoms with Gasteiger partial charge in [-0.2, -0.15) is 4.72 Å². The molecule has 8 nitrogen and oxygen atoms in total. The number of likely N-dealkylation sites (tertiary alicyclic amines) is 2. The molecule has 1 saturated carbocycles. The number of amides is 2. The zero-order valence-electron chi connectivity index (χ0n) is 21.6. The first-order valence-corrected chi connectivity index (χ1v) is 16.9. The molecular formula is C26H35ClN4O4S3. The van der Waals surface area contributed by atoms with Crippen LogP contribution in [-0.4, -0.2) is 86.3 Å². The summed E-state index contributed by atoms with van der Waals surface area (Å²) in [6, 6.07) is 6.86. The average Bonchev–Trinajstić information content (AvgIpc) is 3.68. The number of nitrogens with one attached hydrogen (secondary N) is 1. The fourth-order valence-corrected chi connectivity index (χ4v) is 9.61. The van der Waals surface area contributed by atoms with Gasteiger partial charge in [-0.05, 0) is 69.8 Å². The molecule has 1 N–H and O–H groups in total. The third-order valence-electron chi connectivity index (χ3n) is 7.96. The number of likely N-dealkylation sites (N-methyl/N-ethyl adjacent to an activating group) is 1. The van der Waals surface area contributed by atoms with Crippen LogP contribution >= 0.6 is 34.3 Å². The van der Waals surface area contributed by atoms with E-state index in [9.17, 15) is 18.0 Å². The van der Waals surface area contributed by atoms with Gasteiger partial charge in [-0.25, -0.2) is 8.42 Å². The van der Waals surface area contributed by atoms with Crippen molar-refractivity contribution in [3.63, 3.8) is 0 Å². The van der Waals surface area contributed by atoms with Crippen molar-refractivity contribution in [1.82, 2.24) is 19.4 Å². The van der Waals surface area contributed by atoms with Gasteiger partial charge in [-0.15, -0.1) is 22.7 Å². The molecule has 208 valence electrons. The number of hydrogen-bond acceptors (Lipinski definition) is 7. The number of carbonyl (C=O) groups is 2. The number of piperidine rings is 1. The van der Waals surface area contributed by atoms with Gasteiger partial charge in [0.05, 0.1) is 10.9 Å². The lowest BCUT2D eigenvalue weighted by molar-refractivity contribution is -0.143. The summed E-state index contributed by atoms with van der Waals surface area (Å²) in [5.74, 6) is -0.365. The van der Waals surface area contributed by atoms with Gasteiger partial charge in [-0.1, -0.05) is 24.4 Å². The Kier molecular flexibility index (Phi) is 8.81. The number of nitrogens with zero attached hydrogens (tertiary/aromatic N) is 3. The largest absolute Gasteiger partial charge is 0.337 e. The van der Waals surface area contributed by atoms with E-state index in [1.165, 1.54) is 41.9 Å². The first-order valence-electron chi connectivity index (χ1n) is 13.4. The fourth-order valence-electron chi connectivity index (χ4n) is 5.93. The fraction of sp³-hybridized carbons (Fsp3) is 0.615. The molecule has 3 aliphatic rings. The van der Waals surface area contributed by atoms with Crippen molar-refractivity contribution in [2.75, 3.05) is 33.2 Å². The summed E-state index contributed by atoms with van der Waals surface area (Å²) < 4.78 is 29.6. The number of rotatable bonds is 9. The topological polar surface area (TPSA) is 90.0 Å². The molecule has 3 fully saturated rings. The summed E-state index contributed by atoms with van der Waals surface area (Å²) >= 11 is 8.56. The van der Waals surface area contributed by atoms with Gasteiger partial charge >= 0.3 is 0 Å². The summed E-state index contributed by atoms with van der Waals surface area (Å²) in [5.41, 5.74) is 0. The Morgan fingerprint density at radius 1 is 1.03 bits per heavy atom. The molecule has 5 rings (SSSR count). The molecule has 2 unspecified atom stereocenters. The van der Waals surface area contributed by atoms with Gasteiger partial charge in [0, 0.05) is 41.5 Å². The van der Waals surface area contributed by atoms with Crippen molar-refractivity contribution in [1.29, 1.82) is 0 Å². The summed E-state index contributed by atoms with van der Waals surface area (Å²) in [6.45, 7) is 2.05. The van der Waals surface area contributed by atoms with Gasteiger partial charge in [0.1, 0.15) is 10.3 Å². The number of halogens is 1. The first-order chi connectivity index (χ1) is 18.2. The van der Waals surface area contributed by atoms with Gasteiger partial charge in [-0.3, -0.25) is 9.59 Å². The van der Waals surface area contributed by atoms with Gasteiger partial charge in [0.25, 0.3) is 10.0 Å². The maximum absolute atomic E-state index is 13.3. The second kappa shape index (κ2) is 11.9. The van der Waals surface area contributed by atoms with Crippen LogP contribution in [0.3, 0.4) is 0 Å². The Bertz CT molecular complexity index is 1260. The number of thiophene rings is 2. The molecule has 2 aliphatic heterocycles. The molecule has 0 radical (unpaired) electrons. The first kappa shape index (κ1) is 28.0. The predicted octanol–water partition coefficient (Wildman–Crippen LogP) is 4.26. The van der Waals surface area contributed by atoms with Crippen molar-refractivity contribution >= 4 is 56.1 Å². The normalized spacial score (nSPS) is 23.2. The summed E-state index contributed by atoms with van der Waals surface area (Å²) in [6.07, 6.45) is 8.04. The summed E-state index contributed by atoms with van der Waals surface area (Å²) in [5, 5.41) is 0. The standard InChI is InChI=1S/C26H35ClN4O4S3/c1-29(18-6-2-3-7-18)16-19-8-4-15-31(19)24(32)17-30-14-5-9-20(26(30)33)28-38(34,35)25-13-11-22(37-25)21-10-12-23(27)36-21/h10-13,18-20,28H,2-9,14-17H2,1H3. The third kappa shape index (κ3) is 6.28. The van der Waals surface area contributed by atoms with Gasteiger partial charge in [0.2, 0.25) is 11.8 Å². The molecule has 1 aliphatic carbocycles. The lowest BCUT2D eigenvalue weighted by Crippen LogP contribution is -2.55. The van der Waals surface area contributed by atoms with E-state index in [0.29, 0.717) is 29.8 Å². The van der Waals surface area contributed by atoms with Crippen molar-refractivity contribution in [2.24, 2.45) is 0 Å². The summed E-state index contributed by atoms with van der Waals surface area (Å²) in [7, 11) is -1.72. The maximum Gasteiger partial charge on any atom is 0.250 e. The molecule has 4 heterocycles. The highest BCUT2D eigenvalue weighted by Gasteiger charge is 2.37. The Balaban J connectivity index is 1.19. The molecule has 38 heavy (non-hydrogen) atoms. The minimum absolute atomic E-state index is 0.00297. The maximum atomic E-state index is 13.3. The van der Waals surface area contributed by atoms with Crippen molar-refractivity contribution in [3.8, 4) is 9.75 Å². The lowest BCUT2D eigenvalue weighted by Gasteiger charge is -2.35. The van der Waals surface area contributed by atoms with Crippen LogP contribution in [0.4, 0.5) is 0 Å². The van der Waals surface area contributed by atoms with Gasteiger partial charge in [0.15, 0.2) is 0 Å². The van der Waals surface area contributed by atoms with E-state index >= 15 is 0 Å². The Labute approximate surface area is 238 Å². The van der Waals surface area contributed by atoms with E-state index < -0.39 is 16.1 Å². The minimum atomic E-state index is -3.88. The molecule has 0 aromatic carbocycles. The van der Waals surface area contributed by atoms with Crippen LogP contribution in [0.15, 0.2) is 28.5 Å². The van der Waals surface area contributed by atoms with E-state index in [1.807, 2.05) is 11.0 Å².